The molecule has 17 heavy (non-hydrogen) atoms. The number of carbonyl (C=O) groups excluding carboxylic acids is 1. The predicted octanol–water partition coefficient (Wildman–Crippen LogP) is 2.50. The maximum atomic E-state index is 12.6. The Balaban J connectivity index is 2.15. The van der Waals surface area contributed by atoms with Crippen LogP contribution >= 0.6 is 11.8 Å². The van der Waals surface area contributed by atoms with Gasteiger partial charge in [-0.25, -0.2) is 0 Å². The first-order chi connectivity index (χ1) is 8.15. The summed E-state index contributed by atoms with van der Waals surface area (Å²) in [7, 11) is 0. The Morgan fingerprint density at radius 2 is 2.29 bits per heavy atom. The number of fused-ring (bicyclic) bond motifs is 1. The minimum Gasteiger partial charge on any atom is -0.356 e. The number of hydrogen-bond acceptors (Lipinski definition) is 3. The fourth-order valence-electron chi connectivity index (χ4n) is 2.64. The van der Waals surface area contributed by atoms with Gasteiger partial charge in [-0.3, -0.25) is 4.79 Å². The Morgan fingerprint density at radius 1 is 1.53 bits per heavy atom. The lowest BCUT2D eigenvalue weighted by Crippen LogP contribution is -2.46. The average Bonchev–Trinajstić information content (AvgIpc) is 2.65. The summed E-state index contributed by atoms with van der Waals surface area (Å²) in [6, 6.07) is 0.283. The Hall–Kier alpha value is -0.220. The summed E-state index contributed by atoms with van der Waals surface area (Å²) < 4.78 is 5.80. The highest BCUT2D eigenvalue weighted by molar-refractivity contribution is 8.00. The molecule has 2 fully saturated rings. The molecule has 0 unspecified atom stereocenters. The van der Waals surface area contributed by atoms with Crippen molar-refractivity contribution in [3.8, 4) is 0 Å². The summed E-state index contributed by atoms with van der Waals surface area (Å²) in [5.41, 5.74) is 0. The van der Waals surface area contributed by atoms with E-state index in [0.717, 1.165) is 31.6 Å². The smallest absolute Gasteiger partial charge is 0.238 e. The Morgan fingerprint density at radius 3 is 2.94 bits per heavy atom. The van der Waals surface area contributed by atoms with Gasteiger partial charge in [0.15, 0.2) is 0 Å². The zero-order valence-corrected chi connectivity index (χ0v) is 11.8. The number of ether oxygens (including phenoxy) is 1. The van der Waals surface area contributed by atoms with Gasteiger partial charge in [-0.15, -0.1) is 11.8 Å². The number of hydrogen-bond donors (Lipinski definition) is 0. The van der Waals surface area contributed by atoms with Gasteiger partial charge in [0.05, 0.1) is 17.9 Å². The molecule has 0 aliphatic carbocycles. The lowest BCUT2D eigenvalue weighted by molar-refractivity contribution is -0.137. The summed E-state index contributed by atoms with van der Waals surface area (Å²) >= 11 is 1.82. The Kier molecular flexibility index (Phi) is 4.36. The summed E-state index contributed by atoms with van der Waals surface area (Å²) in [5.74, 6) is 1.84. The highest BCUT2D eigenvalue weighted by Gasteiger charge is 2.43. The van der Waals surface area contributed by atoms with Crippen molar-refractivity contribution in [1.29, 1.82) is 0 Å². The fourth-order valence-corrected chi connectivity index (χ4v) is 3.93. The first kappa shape index (κ1) is 13.2. The van der Waals surface area contributed by atoms with Gasteiger partial charge in [0.25, 0.3) is 0 Å². The first-order valence-electron chi connectivity index (χ1n) is 6.70. The first-order valence-corrected chi connectivity index (χ1v) is 7.75. The molecule has 4 heteroatoms. The van der Waals surface area contributed by atoms with Crippen molar-refractivity contribution < 1.29 is 9.53 Å². The molecule has 0 aromatic rings. The van der Waals surface area contributed by atoms with E-state index in [4.69, 9.17) is 4.74 Å². The molecule has 3 nitrogen and oxygen atoms in total. The lowest BCUT2D eigenvalue weighted by atomic mass is 10.0. The largest absolute Gasteiger partial charge is 0.356 e. The molecular weight excluding hydrogens is 234 g/mol. The van der Waals surface area contributed by atoms with Gasteiger partial charge < -0.3 is 9.64 Å². The molecule has 2 heterocycles. The van der Waals surface area contributed by atoms with Gasteiger partial charge in [-0.05, 0) is 18.1 Å². The summed E-state index contributed by atoms with van der Waals surface area (Å²) in [6.07, 6.45) is 3.11. The maximum Gasteiger partial charge on any atom is 0.238 e. The third kappa shape index (κ3) is 2.63. The molecule has 0 aromatic heterocycles. The zero-order valence-electron chi connectivity index (χ0n) is 11.0. The predicted molar refractivity (Wildman–Crippen MR) is 71.0 cm³/mol. The molecule has 2 aliphatic rings. The van der Waals surface area contributed by atoms with E-state index in [1.165, 1.54) is 0 Å². The van der Waals surface area contributed by atoms with Crippen molar-refractivity contribution in [2.24, 2.45) is 5.92 Å². The highest BCUT2D eigenvalue weighted by Crippen LogP contribution is 2.33. The molecule has 0 saturated carbocycles. The summed E-state index contributed by atoms with van der Waals surface area (Å²) in [4.78, 5) is 14.6. The number of carbonyl (C=O) groups is 1. The summed E-state index contributed by atoms with van der Waals surface area (Å²) in [6.45, 7) is 7.22. The second kappa shape index (κ2) is 5.61. The van der Waals surface area contributed by atoms with E-state index in [1.807, 2.05) is 16.7 Å². The van der Waals surface area contributed by atoms with Crippen molar-refractivity contribution in [3.63, 3.8) is 0 Å². The normalized spacial score (nSPS) is 34.0. The van der Waals surface area contributed by atoms with Crippen LogP contribution in [0, 0.1) is 5.92 Å². The van der Waals surface area contributed by atoms with Gasteiger partial charge in [-0.1, -0.05) is 27.2 Å². The van der Waals surface area contributed by atoms with Crippen molar-refractivity contribution in [2.75, 3.05) is 12.4 Å². The minimum atomic E-state index is 0.0456. The van der Waals surface area contributed by atoms with Gasteiger partial charge in [0.1, 0.15) is 6.23 Å². The molecule has 0 bridgehead atoms. The third-order valence-electron chi connectivity index (χ3n) is 3.66. The number of amides is 1. The summed E-state index contributed by atoms with van der Waals surface area (Å²) in [5, 5.41) is 0.160. The van der Waals surface area contributed by atoms with Gasteiger partial charge in [0.2, 0.25) is 5.91 Å². The van der Waals surface area contributed by atoms with Crippen molar-refractivity contribution in [3.05, 3.63) is 0 Å². The standard InChI is InChI=1S/C13H23NO2S/c1-4-5-11-13(15)14-10(9(2)3)8-16-12(14)6-7-17-11/h9-12H,4-8H2,1-3H3/t10-,11+,12-/m1/s1. The molecular formula is C13H23NO2S. The van der Waals surface area contributed by atoms with Crippen LogP contribution in [0.15, 0.2) is 0 Å². The van der Waals surface area contributed by atoms with Crippen LogP contribution in [-0.4, -0.2) is 40.7 Å². The van der Waals surface area contributed by atoms with E-state index in [2.05, 4.69) is 20.8 Å². The van der Waals surface area contributed by atoms with Gasteiger partial charge >= 0.3 is 0 Å². The molecule has 2 aliphatic heterocycles. The molecule has 0 radical (unpaired) electrons. The number of rotatable bonds is 3. The Labute approximate surface area is 108 Å². The van der Waals surface area contributed by atoms with E-state index in [1.54, 1.807) is 0 Å². The van der Waals surface area contributed by atoms with Crippen LogP contribution < -0.4 is 0 Å². The molecule has 0 aromatic carbocycles. The van der Waals surface area contributed by atoms with Crippen LogP contribution in [0.2, 0.25) is 0 Å². The molecule has 0 N–H and O–H groups in total. The monoisotopic (exact) mass is 257 g/mol. The SMILES string of the molecule is CCC[C@@H]1SCC[C@H]2OC[C@H](C(C)C)N2C1=O. The minimum absolute atomic E-state index is 0.0456. The molecule has 3 atom stereocenters. The van der Waals surface area contributed by atoms with Crippen molar-refractivity contribution in [1.82, 2.24) is 4.90 Å². The second-order valence-electron chi connectivity index (χ2n) is 5.28. The van der Waals surface area contributed by atoms with Crippen LogP contribution in [0.1, 0.15) is 40.0 Å². The van der Waals surface area contributed by atoms with Gasteiger partial charge in [0, 0.05) is 6.42 Å². The van der Waals surface area contributed by atoms with E-state index in [0.29, 0.717) is 11.8 Å². The number of nitrogens with zero attached hydrogens (tertiary/aromatic N) is 1. The van der Waals surface area contributed by atoms with Gasteiger partial charge in [-0.2, -0.15) is 0 Å². The van der Waals surface area contributed by atoms with Crippen LogP contribution in [-0.2, 0) is 9.53 Å². The molecule has 98 valence electrons. The van der Waals surface area contributed by atoms with Crippen molar-refractivity contribution in [2.45, 2.75) is 57.6 Å². The molecule has 0 spiro atoms. The lowest BCUT2D eigenvalue weighted by Gasteiger charge is -2.30. The topological polar surface area (TPSA) is 29.5 Å². The Bertz CT molecular complexity index is 283. The average molecular weight is 257 g/mol. The fraction of sp³-hybridized carbons (Fsp3) is 0.923. The van der Waals surface area contributed by atoms with E-state index in [9.17, 15) is 4.79 Å². The van der Waals surface area contributed by atoms with Crippen LogP contribution in [0.25, 0.3) is 0 Å². The van der Waals surface area contributed by atoms with Crippen LogP contribution in [0.3, 0.4) is 0 Å². The maximum absolute atomic E-state index is 12.6. The highest BCUT2D eigenvalue weighted by atomic mass is 32.2. The van der Waals surface area contributed by atoms with E-state index >= 15 is 0 Å². The second-order valence-corrected chi connectivity index (χ2v) is 6.59. The van der Waals surface area contributed by atoms with Crippen LogP contribution in [0.5, 0.6) is 0 Å². The van der Waals surface area contributed by atoms with E-state index < -0.39 is 0 Å². The number of thioether (sulfide) groups is 1. The van der Waals surface area contributed by atoms with E-state index in [-0.39, 0.29) is 17.5 Å². The zero-order chi connectivity index (χ0) is 12.4. The van der Waals surface area contributed by atoms with Crippen LogP contribution in [0.4, 0.5) is 0 Å². The quantitative estimate of drug-likeness (QED) is 0.778. The third-order valence-corrected chi connectivity index (χ3v) is 4.97. The molecule has 2 rings (SSSR count). The van der Waals surface area contributed by atoms with Crippen molar-refractivity contribution >= 4 is 17.7 Å². The molecule has 2 saturated heterocycles. The molecule has 1 amide bonds.